The van der Waals surface area contributed by atoms with E-state index in [-0.39, 0.29) is 29.8 Å². The fourth-order valence-electron chi connectivity index (χ4n) is 2.70. The topological polar surface area (TPSA) is 61.3 Å². The zero-order chi connectivity index (χ0) is 14.0. The lowest BCUT2D eigenvalue weighted by Crippen LogP contribution is -2.28. The van der Waals surface area contributed by atoms with Crippen molar-refractivity contribution in [1.29, 1.82) is 0 Å². The highest BCUT2D eigenvalue weighted by atomic mass is 16.5. The van der Waals surface area contributed by atoms with Crippen LogP contribution in [0.25, 0.3) is 0 Å². The number of methoxy groups -OCH3 is 1. The van der Waals surface area contributed by atoms with Crippen molar-refractivity contribution in [2.75, 3.05) is 7.11 Å². The molecular formula is C14H20N2O3. The Morgan fingerprint density at radius 3 is 2.63 bits per heavy atom. The quantitative estimate of drug-likeness (QED) is 0.827. The lowest BCUT2D eigenvalue weighted by molar-refractivity contribution is -0.124. The highest BCUT2D eigenvalue weighted by Gasteiger charge is 2.41. The van der Waals surface area contributed by atoms with Gasteiger partial charge in [-0.15, -0.1) is 0 Å². The molecule has 4 unspecified atom stereocenters. The molecule has 5 heteroatoms. The largest absolute Gasteiger partial charge is 0.481 e. The second-order valence-corrected chi connectivity index (χ2v) is 5.13. The molecule has 5 nitrogen and oxygen atoms in total. The van der Waals surface area contributed by atoms with E-state index in [1.165, 1.54) is 6.33 Å². The summed E-state index contributed by atoms with van der Waals surface area (Å²) in [6.45, 7) is 6.04. The number of carbonyl (C=O) groups excluding carboxylic acids is 1. The Morgan fingerprint density at radius 1 is 1.32 bits per heavy atom. The first-order valence-corrected chi connectivity index (χ1v) is 6.56. The number of hydrogen-bond donors (Lipinski definition) is 0. The molecule has 4 atom stereocenters. The second-order valence-electron chi connectivity index (χ2n) is 5.13. The first kappa shape index (κ1) is 13.9. The Balaban J connectivity index is 2.08. The highest BCUT2D eigenvalue weighted by Crippen LogP contribution is 2.33. The molecule has 0 saturated carbocycles. The minimum absolute atomic E-state index is 0.0266. The monoisotopic (exact) mass is 264 g/mol. The molecule has 1 aliphatic heterocycles. The molecule has 0 bridgehead atoms. The van der Waals surface area contributed by atoms with Crippen molar-refractivity contribution in [3.8, 4) is 5.88 Å². The van der Waals surface area contributed by atoms with Crippen LogP contribution in [0, 0.1) is 11.8 Å². The van der Waals surface area contributed by atoms with Crippen molar-refractivity contribution in [3.63, 3.8) is 0 Å². The zero-order valence-corrected chi connectivity index (χ0v) is 11.8. The Labute approximate surface area is 113 Å². The van der Waals surface area contributed by atoms with Gasteiger partial charge in [0.15, 0.2) is 0 Å². The van der Waals surface area contributed by atoms with E-state index in [2.05, 4.69) is 16.9 Å². The number of rotatable bonds is 4. The van der Waals surface area contributed by atoms with Crippen LogP contribution in [-0.4, -0.2) is 35.1 Å². The van der Waals surface area contributed by atoms with Crippen molar-refractivity contribution in [1.82, 2.24) is 9.97 Å². The summed E-state index contributed by atoms with van der Waals surface area (Å²) in [5.41, 5.74) is 0.691. The smallest absolute Gasteiger partial charge is 0.216 e. The van der Waals surface area contributed by atoms with Gasteiger partial charge in [0.2, 0.25) is 5.88 Å². The van der Waals surface area contributed by atoms with E-state index >= 15 is 0 Å². The van der Waals surface area contributed by atoms with Gasteiger partial charge < -0.3 is 9.47 Å². The number of nitrogens with zero attached hydrogens (tertiary/aromatic N) is 2. The van der Waals surface area contributed by atoms with Gasteiger partial charge >= 0.3 is 0 Å². The molecular weight excluding hydrogens is 244 g/mol. The summed E-state index contributed by atoms with van der Waals surface area (Å²) < 4.78 is 10.7. The molecule has 0 aromatic carbocycles. The summed E-state index contributed by atoms with van der Waals surface area (Å²) in [6, 6.07) is 1.70. The second kappa shape index (κ2) is 5.65. The molecule has 0 aliphatic carbocycles. The van der Waals surface area contributed by atoms with Gasteiger partial charge in [0.1, 0.15) is 12.1 Å². The molecule has 0 spiro atoms. The molecule has 2 rings (SSSR count). The minimum Gasteiger partial charge on any atom is -0.481 e. The molecule has 0 N–H and O–H groups in total. The molecule has 0 radical (unpaired) electrons. The Morgan fingerprint density at radius 2 is 2.05 bits per heavy atom. The lowest BCUT2D eigenvalue weighted by atomic mass is 9.84. The average Bonchev–Trinajstić information content (AvgIpc) is 2.63. The number of carbonyl (C=O) groups is 1. The Hall–Kier alpha value is -1.49. The number of ketones is 1. The van der Waals surface area contributed by atoms with Crippen molar-refractivity contribution in [2.24, 2.45) is 11.8 Å². The third-order valence-corrected chi connectivity index (χ3v) is 3.88. The summed E-state index contributed by atoms with van der Waals surface area (Å²) in [4.78, 5) is 20.4. The summed E-state index contributed by atoms with van der Waals surface area (Å²) >= 11 is 0. The van der Waals surface area contributed by atoms with E-state index < -0.39 is 0 Å². The van der Waals surface area contributed by atoms with Gasteiger partial charge in [0.25, 0.3) is 0 Å². The van der Waals surface area contributed by atoms with Gasteiger partial charge in [-0.05, 0) is 19.8 Å². The van der Waals surface area contributed by atoms with Crippen molar-refractivity contribution < 1.29 is 14.3 Å². The number of aromatic nitrogens is 2. The number of hydrogen-bond acceptors (Lipinski definition) is 5. The van der Waals surface area contributed by atoms with E-state index in [0.717, 1.165) is 0 Å². The molecule has 19 heavy (non-hydrogen) atoms. The van der Waals surface area contributed by atoms with Gasteiger partial charge in [0.05, 0.1) is 25.0 Å². The predicted molar refractivity (Wildman–Crippen MR) is 70.0 cm³/mol. The summed E-state index contributed by atoms with van der Waals surface area (Å²) in [5.74, 6) is 0.835. The van der Waals surface area contributed by atoms with Gasteiger partial charge in [-0.3, -0.25) is 4.79 Å². The van der Waals surface area contributed by atoms with Crippen LogP contribution >= 0.6 is 0 Å². The summed E-state index contributed by atoms with van der Waals surface area (Å²) in [7, 11) is 1.55. The lowest BCUT2D eigenvalue weighted by Gasteiger charge is -2.16. The van der Waals surface area contributed by atoms with Crippen LogP contribution in [0.3, 0.4) is 0 Å². The normalized spacial score (nSPS) is 30.3. The predicted octanol–water partition coefficient (Wildman–Crippen LogP) is 1.66. The van der Waals surface area contributed by atoms with Crippen LogP contribution < -0.4 is 4.74 Å². The average molecular weight is 264 g/mol. The molecule has 104 valence electrons. The molecule has 1 aromatic heterocycles. The minimum atomic E-state index is -0.0593. The molecule has 1 aliphatic rings. The van der Waals surface area contributed by atoms with Crippen LogP contribution in [-0.2, 0) is 16.0 Å². The standard InChI is InChI=1S/C14H20N2O3/c1-8-9(2)19-10(3)14(8)12(17)5-11-6-13(18-4)16-7-15-11/h6-10,14H,5H2,1-4H3. The third-order valence-electron chi connectivity index (χ3n) is 3.88. The Bertz CT molecular complexity index is 464. The summed E-state index contributed by atoms with van der Waals surface area (Å²) in [5, 5.41) is 0. The van der Waals surface area contributed by atoms with E-state index in [1.54, 1.807) is 13.2 Å². The maximum atomic E-state index is 12.4. The Kier molecular flexibility index (Phi) is 4.14. The van der Waals surface area contributed by atoms with Crippen molar-refractivity contribution in [3.05, 3.63) is 18.1 Å². The molecule has 1 fully saturated rings. The molecule has 1 aromatic rings. The number of ether oxygens (including phenoxy) is 2. The SMILES string of the molecule is COc1cc(CC(=O)C2C(C)OC(C)C2C)ncn1. The molecule has 1 saturated heterocycles. The highest BCUT2D eigenvalue weighted by molar-refractivity contribution is 5.84. The van der Waals surface area contributed by atoms with Crippen LogP contribution in [0.1, 0.15) is 26.5 Å². The van der Waals surface area contributed by atoms with Crippen LogP contribution in [0.5, 0.6) is 5.88 Å². The fourth-order valence-corrected chi connectivity index (χ4v) is 2.70. The van der Waals surface area contributed by atoms with Crippen LogP contribution in [0.2, 0.25) is 0 Å². The van der Waals surface area contributed by atoms with Gasteiger partial charge in [-0.2, -0.15) is 0 Å². The van der Waals surface area contributed by atoms with Gasteiger partial charge in [0, 0.05) is 18.4 Å². The first-order valence-electron chi connectivity index (χ1n) is 6.56. The molecule has 0 amide bonds. The van der Waals surface area contributed by atoms with E-state index in [9.17, 15) is 4.79 Å². The van der Waals surface area contributed by atoms with Crippen LogP contribution in [0.15, 0.2) is 12.4 Å². The fraction of sp³-hybridized carbons (Fsp3) is 0.643. The van der Waals surface area contributed by atoms with Gasteiger partial charge in [-0.1, -0.05) is 6.92 Å². The maximum absolute atomic E-state index is 12.4. The van der Waals surface area contributed by atoms with Crippen LogP contribution in [0.4, 0.5) is 0 Å². The van der Waals surface area contributed by atoms with Crippen molar-refractivity contribution in [2.45, 2.75) is 39.4 Å². The molecule has 2 heterocycles. The van der Waals surface area contributed by atoms with E-state index in [4.69, 9.17) is 9.47 Å². The van der Waals surface area contributed by atoms with Crippen molar-refractivity contribution >= 4 is 5.78 Å². The van der Waals surface area contributed by atoms with Gasteiger partial charge in [-0.25, -0.2) is 9.97 Å². The number of Topliss-reactive ketones (excluding diaryl/α,β-unsaturated/α-hetero) is 1. The first-order chi connectivity index (χ1) is 9.02. The third kappa shape index (κ3) is 2.92. The summed E-state index contributed by atoms with van der Waals surface area (Å²) in [6.07, 6.45) is 1.82. The van der Waals surface area contributed by atoms with E-state index in [1.807, 2.05) is 13.8 Å². The van der Waals surface area contributed by atoms with E-state index in [0.29, 0.717) is 18.0 Å². The zero-order valence-electron chi connectivity index (χ0n) is 11.8. The maximum Gasteiger partial charge on any atom is 0.216 e.